The number of benzene rings is 1. The predicted octanol–water partition coefficient (Wildman–Crippen LogP) is 3.91. The number of nitrogens with two attached hydrogens (primary N) is 1. The van der Waals surface area contributed by atoms with E-state index in [2.05, 4.69) is 5.32 Å². The number of hydrogen-bond donors (Lipinski definition) is 2. The molecule has 3 N–H and O–H groups in total. The lowest BCUT2D eigenvalue weighted by atomic mass is 9.70. The third-order valence-corrected chi connectivity index (χ3v) is 6.11. The first-order valence-corrected chi connectivity index (χ1v) is 9.57. The number of hydrogen-bond acceptors (Lipinski definition) is 2. The van der Waals surface area contributed by atoms with Crippen LogP contribution < -0.4 is 11.1 Å². The predicted molar refractivity (Wildman–Crippen MR) is 93.5 cm³/mol. The fourth-order valence-electron chi connectivity index (χ4n) is 4.70. The van der Waals surface area contributed by atoms with Gasteiger partial charge in [-0.1, -0.05) is 0 Å². The van der Waals surface area contributed by atoms with Crippen molar-refractivity contribution >= 4 is 6.03 Å². The normalized spacial score (nSPS) is 27.0. The van der Waals surface area contributed by atoms with Crippen molar-refractivity contribution in [3.8, 4) is 0 Å². The zero-order chi connectivity index (χ0) is 21.3. The summed E-state index contributed by atoms with van der Waals surface area (Å²) in [4.78, 5) is 13.3. The topological polar surface area (TPSA) is 58.4 Å². The van der Waals surface area contributed by atoms with Crippen LogP contribution in [-0.2, 0) is 0 Å². The molecule has 10 heteroatoms. The molecule has 2 aliphatic rings. The second kappa shape index (κ2) is 8.41. The molecule has 1 saturated heterocycles. The first kappa shape index (κ1) is 21.7. The molecule has 1 saturated carbocycles. The van der Waals surface area contributed by atoms with Crippen molar-refractivity contribution in [2.45, 2.75) is 43.8 Å². The summed E-state index contributed by atoms with van der Waals surface area (Å²) in [6.07, 6.45) is -4.14. The second-order valence-electron chi connectivity index (χ2n) is 7.78. The van der Waals surface area contributed by atoms with E-state index in [1.54, 1.807) is 0 Å². The van der Waals surface area contributed by atoms with Gasteiger partial charge in [0.25, 0.3) is 0 Å². The second-order valence-corrected chi connectivity index (χ2v) is 7.78. The van der Waals surface area contributed by atoms with Gasteiger partial charge in [-0.3, -0.25) is 0 Å². The maximum atomic E-state index is 13.9. The van der Waals surface area contributed by atoms with Crippen LogP contribution in [0.1, 0.15) is 37.2 Å². The van der Waals surface area contributed by atoms with Gasteiger partial charge in [-0.05, 0) is 49.3 Å². The molecule has 3 rings (SSSR count). The molecule has 0 aromatic heterocycles. The third-order valence-electron chi connectivity index (χ3n) is 6.11. The number of carbonyl (C=O) groups is 1. The molecule has 0 bridgehead atoms. The minimum Gasteiger partial charge on any atom is -0.351 e. The van der Waals surface area contributed by atoms with Crippen LogP contribution in [0, 0.1) is 29.3 Å². The van der Waals surface area contributed by atoms with E-state index in [1.165, 1.54) is 4.90 Å². The van der Waals surface area contributed by atoms with Crippen LogP contribution in [0.5, 0.6) is 0 Å². The van der Waals surface area contributed by atoms with Crippen LogP contribution >= 0.6 is 0 Å². The van der Waals surface area contributed by atoms with Gasteiger partial charge < -0.3 is 16.0 Å². The number of amides is 2. The average Bonchev–Trinajstić information content (AvgIpc) is 2.66. The third kappa shape index (κ3) is 4.62. The summed E-state index contributed by atoms with van der Waals surface area (Å²) in [6.45, 7) is 1.01. The zero-order valence-electron chi connectivity index (χ0n) is 15.6. The van der Waals surface area contributed by atoms with Crippen LogP contribution in [0.25, 0.3) is 0 Å². The summed E-state index contributed by atoms with van der Waals surface area (Å²) < 4.78 is 80.5. The van der Waals surface area contributed by atoms with Crippen LogP contribution in [-0.4, -0.2) is 42.8 Å². The molecule has 2 amide bonds. The van der Waals surface area contributed by atoms with Crippen LogP contribution in [0.4, 0.5) is 31.1 Å². The molecule has 29 heavy (non-hydrogen) atoms. The number of rotatable bonds is 3. The molecule has 1 aliphatic carbocycles. The standard InChI is InChI=1S/C19H23F6N3O/c20-13-7-11(8-14(21)17(13)22)16(15-9-27-5-6-28(15)18(26)29)10-1-3-12(4-2-10)19(23,24)25/h7-8,10,12,15-16,27H,1-6,9H2,(H2,26,29)/t10?,12?,15?,16-/m0/s1. The molecule has 1 unspecified atom stereocenters. The van der Waals surface area contributed by atoms with Crippen molar-refractivity contribution in [2.75, 3.05) is 19.6 Å². The van der Waals surface area contributed by atoms with Crippen molar-refractivity contribution in [2.24, 2.45) is 17.6 Å². The number of alkyl halides is 3. The lowest BCUT2D eigenvalue weighted by Crippen LogP contribution is -2.58. The van der Waals surface area contributed by atoms with E-state index >= 15 is 0 Å². The number of nitrogens with zero attached hydrogens (tertiary/aromatic N) is 1. The summed E-state index contributed by atoms with van der Waals surface area (Å²) in [5.41, 5.74) is 5.59. The average molecular weight is 423 g/mol. The Balaban J connectivity index is 1.95. The Kier molecular flexibility index (Phi) is 6.30. The lowest BCUT2D eigenvalue weighted by Gasteiger charge is -2.45. The quantitative estimate of drug-likeness (QED) is 0.572. The Labute approximate surface area is 164 Å². The monoisotopic (exact) mass is 423 g/mol. The first-order chi connectivity index (χ1) is 13.6. The summed E-state index contributed by atoms with van der Waals surface area (Å²) >= 11 is 0. The Morgan fingerprint density at radius 3 is 2.21 bits per heavy atom. The molecule has 2 atom stereocenters. The van der Waals surface area contributed by atoms with Crippen molar-refractivity contribution in [3.05, 3.63) is 35.1 Å². The molecule has 2 fully saturated rings. The molecule has 1 aliphatic heterocycles. The van der Waals surface area contributed by atoms with Gasteiger partial charge in [0.05, 0.1) is 12.0 Å². The van der Waals surface area contributed by atoms with E-state index in [9.17, 15) is 31.1 Å². The van der Waals surface area contributed by atoms with Crippen molar-refractivity contribution in [3.63, 3.8) is 0 Å². The Morgan fingerprint density at radius 2 is 1.69 bits per heavy atom. The lowest BCUT2D eigenvalue weighted by molar-refractivity contribution is -0.184. The fraction of sp³-hybridized carbons (Fsp3) is 0.632. The molecule has 162 valence electrons. The van der Waals surface area contributed by atoms with Crippen molar-refractivity contribution in [1.82, 2.24) is 10.2 Å². The SMILES string of the molecule is NC(=O)N1CCNCC1[C@H](c1cc(F)c(F)c(F)c1)C1CCC(C(F)(F)F)CC1. The molecule has 1 aromatic rings. The Bertz CT molecular complexity index is 725. The highest BCUT2D eigenvalue weighted by molar-refractivity contribution is 5.72. The smallest absolute Gasteiger partial charge is 0.351 e. The Morgan fingerprint density at radius 1 is 1.10 bits per heavy atom. The van der Waals surface area contributed by atoms with E-state index < -0.39 is 47.5 Å². The molecule has 0 spiro atoms. The minimum atomic E-state index is -4.29. The fourth-order valence-corrected chi connectivity index (χ4v) is 4.70. The van der Waals surface area contributed by atoms with Crippen molar-refractivity contribution in [1.29, 1.82) is 0 Å². The molecule has 4 nitrogen and oxygen atoms in total. The van der Waals surface area contributed by atoms with E-state index in [0.29, 0.717) is 6.54 Å². The molecular weight excluding hydrogens is 400 g/mol. The zero-order valence-corrected chi connectivity index (χ0v) is 15.6. The van der Waals surface area contributed by atoms with Crippen LogP contribution in [0.15, 0.2) is 12.1 Å². The van der Waals surface area contributed by atoms with Gasteiger partial charge in [0, 0.05) is 25.6 Å². The van der Waals surface area contributed by atoms with Gasteiger partial charge in [0.1, 0.15) is 0 Å². The Hall–Kier alpha value is -1.97. The summed E-state index contributed by atoms with van der Waals surface area (Å²) in [5, 5.41) is 3.09. The molecule has 0 radical (unpaired) electrons. The van der Waals surface area contributed by atoms with E-state index in [-0.39, 0.29) is 50.3 Å². The number of piperazine rings is 1. The van der Waals surface area contributed by atoms with E-state index in [1.807, 2.05) is 0 Å². The summed E-state index contributed by atoms with van der Waals surface area (Å²) in [6, 6.07) is 0.422. The van der Waals surface area contributed by atoms with Gasteiger partial charge in [-0.15, -0.1) is 0 Å². The maximum Gasteiger partial charge on any atom is 0.391 e. The van der Waals surface area contributed by atoms with Gasteiger partial charge >= 0.3 is 12.2 Å². The van der Waals surface area contributed by atoms with Crippen LogP contribution in [0.3, 0.4) is 0 Å². The van der Waals surface area contributed by atoms with Crippen LogP contribution in [0.2, 0.25) is 0 Å². The van der Waals surface area contributed by atoms with Gasteiger partial charge in [0.15, 0.2) is 17.5 Å². The first-order valence-electron chi connectivity index (χ1n) is 9.57. The number of primary amides is 1. The van der Waals surface area contributed by atoms with Crippen molar-refractivity contribution < 1.29 is 31.1 Å². The maximum absolute atomic E-state index is 13.9. The van der Waals surface area contributed by atoms with Gasteiger partial charge in [0.2, 0.25) is 0 Å². The van der Waals surface area contributed by atoms with Gasteiger partial charge in [-0.25, -0.2) is 18.0 Å². The van der Waals surface area contributed by atoms with Gasteiger partial charge in [-0.2, -0.15) is 13.2 Å². The summed E-state index contributed by atoms with van der Waals surface area (Å²) in [5.74, 6) is -6.80. The number of urea groups is 1. The highest BCUT2D eigenvalue weighted by Gasteiger charge is 2.45. The van der Waals surface area contributed by atoms with E-state index in [4.69, 9.17) is 5.73 Å². The number of nitrogens with one attached hydrogen (secondary N) is 1. The highest BCUT2D eigenvalue weighted by Crippen LogP contribution is 2.46. The minimum absolute atomic E-state index is 0.104. The highest BCUT2D eigenvalue weighted by atomic mass is 19.4. The number of carbonyl (C=O) groups excluding carboxylic acids is 1. The largest absolute Gasteiger partial charge is 0.391 e. The number of halogens is 6. The van der Waals surface area contributed by atoms with E-state index in [0.717, 1.165) is 12.1 Å². The molecule has 1 aromatic carbocycles. The molecule has 1 heterocycles. The molecular formula is C19H23F6N3O. The summed E-state index contributed by atoms with van der Waals surface area (Å²) in [7, 11) is 0.